The van der Waals surface area contributed by atoms with Crippen LogP contribution in [0.2, 0.25) is 0 Å². The van der Waals surface area contributed by atoms with E-state index in [1.54, 1.807) is 5.57 Å². The van der Waals surface area contributed by atoms with Gasteiger partial charge < -0.3 is 0 Å². The van der Waals surface area contributed by atoms with E-state index in [0.717, 1.165) is 35.5 Å². The summed E-state index contributed by atoms with van der Waals surface area (Å²) in [7, 11) is 0. The first kappa shape index (κ1) is 22.2. The van der Waals surface area contributed by atoms with E-state index in [9.17, 15) is 0 Å². The Kier molecular flexibility index (Phi) is 6.02. The van der Waals surface area contributed by atoms with Gasteiger partial charge in [-0.25, -0.2) is 0 Å². The molecule has 0 aromatic rings. The molecule has 0 aromatic carbocycles. The number of fused-ring (bicyclic) bond motifs is 4. The van der Waals surface area contributed by atoms with Gasteiger partial charge in [0.05, 0.1) is 0 Å². The molecule has 0 spiro atoms. The third-order valence-electron chi connectivity index (χ3n) is 9.54. The molecule has 5 aliphatic rings. The summed E-state index contributed by atoms with van der Waals surface area (Å²) in [5.74, 6) is 7.00. The Morgan fingerprint density at radius 3 is 2.00 bits per heavy atom. The van der Waals surface area contributed by atoms with Crippen LogP contribution in [-0.4, -0.2) is 0 Å². The minimum Gasteiger partial charge on any atom is -0.0806 e. The molecule has 0 aliphatic heterocycles. The summed E-state index contributed by atoms with van der Waals surface area (Å²) in [6.07, 6.45) is 32.0. The van der Waals surface area contributed by atoms with Crippen LogP contribution in [0.1, 0.15) is 66.7 Å². The lowest BCUT2D eigenvalue weighted by Crippen LogP contribution is -2.22. The number of rotatable bonds is 5. The monoisotopic (exact) mass is 428 g/mol. The topological polar surface area (TPSA) is 0 Å². The summed E-state index contributed by atoms with van der Waals surface area (Å²) >= 11 is 0. The Morgan fingerprint density at radius 2 is 1.34 bits per heavy atom. The summed E-state index contributed by atoms with van der Waals surface area (Å²) < 4.78 is 0. The predicted octanol–water partition coefficient (Wildman–Crippen LogP) is 8.71. The number of hydrogen-bond acceptors (Lipinski definition) is 0. The molecular formula is C32H44. The first-order chi connectivity index (χ1) is 15.4. The second-order valence-corrected chi connectivity index (χ2v) is 12.5. The molecule has 0 saturated heterocycles. The van der Waals surface area contributed by atoms with Gasteiger partial charge in [0, 0.05) is 0 Å². The van der Waals surface area contributed by atoms with E-state index in [0.29, 0.717) is 17.8 Å². The van der Waals surface area contributed by atoms with Crippen LogP contribution < -0.4 is 0 Å². The van der Waals surface area contributed by atoms with Gasteiger partial charge in [0.2, 0.25) is 0 Å². The molecular weight excluding hydrogens is 384 g/mol. The second-order valence-electron chi connectivity index (χ2n) is 12.5. The third-order valence-corrected chi connectivity index (χ3v) is 9.54. The fourth-order valence-corrected chi connectivity index (χ4v) is 7.99. The van der Waals surface area contributed by atoms with Crippen LogP contribution in [0.4, 0.5) is 0 Å². The molecule has 0 nitrogen and oxygen atoms in total. The highest BCUT2D eigenvalue weighted by Crippen LogP contribution is 2.56. The summed E-state index contributed by atoms with van der Waals surface area (Å²) in [6.45, 7) is 11.8. The lowest BCUT2D eigenvalue weighted by atomic mass is 9.74. The highest BCUT2D eigenvalue weighted by atomic mass is 14.5. The largest absolute Gasteiger partial charge is 0.0806 e. The Bertz CT molecular complexity index is 881. The molecule has 5 aliphatic carbocycles. The van der Waals surface area contributed by atoms with Crippen molar-refractivity contribution in [2.45, 2.75) is 66.7 Å². The van der Waals surface area contributed by atoms with Gasteiger partial charge in [-0.05, 0) is 90.4 Å². The summed E-state index contributed by atoms with van der Waals surface area (Å²) in [5, 5.41) is 0. The van der Waals surface area contributed by atoms with E-state index in [4.69, 9.17) is 0 Å². The van der Waals surface area contributed by atoms with Gasteiger partial charge in [-0.1, -0.05) is 107 Å². The molecule has 9 unspecified atom stereocenters. The standard InChI is InChI=1S/C32H44/c1-6-9-22-19-23(26-11-8-7-10-25(22)26)13-16-29-30-18-21(2)12-15-27(30)28-17-14-24(20-31(28)29)32(3,4)5/h7-8,10-12,14-15,17-18,20,22-23,25-31H,6,9,13,16,19H2,1-5H3. The van der Waals surface area contributed by atoms with Crippen LogP contribution in [0.3, 0.4) is 0 Å². The third kappa shape index (κ3) is 3.97. The van der Waals surface area contributed by atoms with Crippen molar-refractivity contribution in [3.63, 3.8) is 0 Å². The van der Waals surface area contributed by atoms with Crippen molar-refractivity contribution in [3.05, 3.63) is 71.9 Å². The Balaban J connectivity index is 1.37. The predicted molar refractivity (Wildman–Crippen MR) is 138 cm³/mol. The molecule has 9 atom stereocenters. The molecule has 0 radical (unpaired) electrons. The SMILES string of the molecule is CCCC1CC(CCC2C3C=C(C)C=CC3C3C=CC(C(C)(C)C)=CC32)C2C=CC=CC12. The lowest BCUT2D eigenvalue weighted by molar-refractivity contribution is 0.289. The van der Waals surface area contributed by atoms with Crippen LogP contribution in [0.5, 0.6) is 0 Å². The van der Waals surface area contributed by atoms with E-state index >= 15 is 0 Å². The molecule has 2 fully saturated rings. The Morgan fingerprint density at radius 1 is 0.719 bits per heavy atom. The van der Waals surface area contributed by atoms with Gasteiger partial charge in [-0.15, -0.1) is 0 Å². The zero-order valence-corrected chi connectivity index (χ0v) is 21.0. The minimum absolute atomic E-state index is 0.243. The zero-order chi connectivity index (χ0) is 22.5. The minimum atomic E-state index is 0.243. The van der Waals surface area contributed by atoms with Crippen molar-refractivity contribution >= 4 is 0 Å². The number of allylic oxidation sites excluding steroid dienone is 12. The molecule has 0 amide bonds. The van der Waals surface area contributed by atoms with E-state index in [1.807, 2.05) is 0 Å². The number of hydrogen-bond donors (Lipinski definition) is 0. The van der Waals surface area contributed by atoms with Crippen LogP contribution in [0.15, 0.2) is 71.9 Å². The first-order valence-electron chi connectivity index (χ1n) is 13.5. The molecule has 0 bridgehead atoms. The maximum atomic E-state index is 2.70. The average Bonchev–Trinajstić information content (AvgIpc) is 3.26. The second kappa shape index (κ2) is 8.66. The highest BCUT2D eigenvalue weighted by Gasteiger charge is 2.49. The summed E-state index contributed by atoms with van der Waals surface area (Å²) in [4.78, 5) is 0. The molecule has 0 heteroatoms. The van der Waals surface area contributed by atoms with Gasteiger partial charge >= 0.3 is 0 Å². The van der Waals surface area contributed by atoms with Crippen molar-refractivity contribution in [1.29, 1.82) is 0 Å². The zero-order valence-electron chi connectivity index (χ0n) is 21.0. The van der Waals surface area contributed by atoms with E-state index in [-0.39, 0.29) is 5.41 Å². The van der Waals surface area contributed by atoms with Gasteiger partial charge in [0.15, 0.2) is 0 Å². The molecule has 0 N–H and O–H groups in total. The van der Waals surface area contributed by atoms with Crippen molar-refractivity contribution in [1.82, 2.24) is 0 Å². The molecule has 2 saturated carbocycles. The fourth-order valence-electron chi connectivity index (χ4n) is 7.99. The first-order valence-corrected chi connectivity index (χ1v) is 13.5. The van der Waals surface area contributed by atoms with Crippen molar-refractivity contribution in [3.8, 4) is 0 Å². The fraction of sp³-hybridized carbons (Fsp3) is 0.625. The summed E-state index contributed by atoms with van der Waals surface area (Å²) in [5.41, 5.74) is 3.27. The Labute approximate surface area is 197 Å². The average molecular weight is 429 g/mol. The Hall–Kier alpha value is -1.56. The quantitative estimate of drug-likeness (QED) is 0.410. The van der Waals surface area contributed by atoms with E-state index in [1.165, 1.54) is 37.7 Å². The molecule has 5 rings (SSSR count). The summed E-state index contributed by atoms with van der Waals surface area (Å²) in [6, 6.07) is 0. The van der Waals surface area contributed by atoms with Gasteiger partial charge in [-0.3, -0.25) is 0 Å². The van der Waals surface area contributed by atoms with Crippen LogP contribution in [0, 0.1) is 58.7 Å². The molecule has 0 aromatic heterocycles. The molecule has 172 valence electrons. The van der Waals surface area contributed by atoms with Crippen LogP contribution in [-0.2, 0) is 0 Å². The highest BCUT2D eigenvalue weighted by molar-refractivity contribution is 5.37. The normalized spacial score (nSPS) is 41.8. The lowest BCUT2D eigenvalue weighted by Gasteiger charge is -2.31. The van der Waals surface area contributed by atoms with Gasteiger partial charge in [0.25, 0.3) is 0 Å². The molecule has 32 heavy (non-hydrogen) atoms. The van der Waals surface area contributed by atoms with Crippen LogP contribution >= 0.6 is 0 Å². The van der Waals surface area contributed by atoms with Crippen molar-refractivity contribution in [2.75, 3.05) is 0 Å². The van der Waals surface area contributed by atoms with Gasteiger partial charge in [0.1, 0.15) is 0 Å². The van der Waals surface area contributed by atoms with Gasteiger partial charge in [-0.2, -0.15) is 0 Å². The van der Waals surface area contributed by atoms with E-state index < -0.39 is 0 Å². The van der Waals surface area contributed by atoms with E-state index in [2.05, 4.69) is 95.4 Å². The van der Waals surface area contributed by atoms with Crippen molar-refractivity contribution < 1.29 is 0 Å². The van der Waals surface area contributed by atoms with Crippen LogP contribution in [0.25, 0.3) is 0 Å². The van der Waals surface area contributed by atoms with Crippen molar-refractivity contribution in [2.24, 2.45) is 58.7 Å². The maximum absolute atomic E-state index is 2.70. The maximum Gasteiger partial charge on any atom is -0.00954 e. The molecule has 0 heterocycles. The smallest absolute Gasteiger partial charge is 0.00954 e.